The van der Waals surface area contributed by atoms with Gasteiger partial charge in [0.25, 0.3) is 0 Å². The van der Waals surface area contributed by atoms with Gasteiger partial charge in [-0.15, -0.1) is 0 Å². The summed E-state index contributed by atoms with van der Waals surface area (Å²) in [6, 6.07) is 6.85. The normalized spacial score (nSPS) is 10.6. The van der Waals surface area contributed by atoms with Gasteiger partial charge in [0.15, 0.2) is 11.6 Å². The zero-order chi connectivity index (χ0) is 14.0. The third-order valence-corrected chi connectivity index (χ3v) is 3.83. The highest BCUT2D eigenvalue weighted by molar-refractivity contribution is 9.11. The monoisotopic (exact) mass is 393 g/mol. The molecule has 0 saturated heterocycles. The Balaban J connectivity index is 2.22. The summed E-state index contributed by atoms with van der Waals surface area (Å²) < 4.78 is 40.9. The van der Waals surface area contributed by atoms with Gasteiger partial charge in [0, 0.05) is 27.1 Å². The van der Waals surface area contributed by atoms with Gasteiger partial charge in [-0.3, -0.25) is 0 Å². The van der Waals surface area contributed by atoms with E-state index in [1.807, 2.05) is 18.2 Å². The fraction of sp³-hybridized carbons (Fsp3) is 0.0769. The van der Waals surface area contributed by atoms with E-state index in [0.29, 0.717) is 11.8 Å². The highest BCUT2D eigenvalue weighted by Crippen LogP contribution is 2.31. The Bertz CT molecular complexity index is 597. The lowest BCUT2D eigenvalue weighted by Gasteiger charge is -2.11. The van der Waals surface area contributed by atoms with Crippen molar-refractivity contribution in [2.24, 2.45) is 0 Å². The van der Waals surface area contributed by atoms with Crippen molar-refractivity contribution in [3.05, 3.63) is 62.3 Å². The van der Waals surface area contributed by atoms with Crippen LogP contribution in [0.15, 0.2) is 39.3 Å². The van der Waals surface area contributed by atoms with Crippen LogP contribution in [0.25, 0.3) is 0 Å². The molecular formula is C13H8Br2F3N. The summed E-state index contributed by atoms with van der Waals surface area (Å²) >= 11 is 6.69. The van der Waals surface area contributed by atoms with E-state index < -0.39 is 17.5 Å². The molecule has 0 spiro atoms. The molecule has 2 aromatic carbocycles. The molecule has 2 rings (SSSR count). The second-order valence-corrected chi connectivity index (χ2v) is 5.52. The number of halogens is 5. The Morgan fingerprint density at radius 2 is 1.47 bits per heavy atom. The topological polar surface area (TPSA) is 12.0 Å². The van der Waals surface area contributed by atoms with Gasteiger partial charge in [0.1, 0.15) is 5.82 Å². The third kappa shape index (κ3) is 3.30. The van der Waals surface area contributed by atoms with Crippen LogP contribution in [0.1, 0.15) is 5.56 Å². The maximum Gasteiger partial charge on any atom is 0.161 e. The molecular weight excluding hydrogens is 387 g/mol. The van der Waals surface area contributed by atoms with Crippen molar-refractivity contribution in [1.29, 1.82) is 0 Å². The summed E-state index contributed by atoms with van der Waals surface area (Å²) in [7, 11) is 0. The Labute approximate surface area is 125 Å². The fourth-order valence-corrected chi connectivity index (χ4v) is 2.83. The molecule has 0 aliphatic heterocycles. The first-order chi connectivity index (χ1) is 8.99. The van der Waals surface area contributed by atoms with Crippen molar-refractivity contribution in [2.75, 3.05) is 5.32 Å². The van der Waals surface area contributed by atoms with E-state index >= 15 is 0 Å². The average Bonchev–Trinajstić information content (AvgIpc) is 2.34. The summed E-state index contributed by atoms with van der Waals surface area (Å²) in [5, 5.41) is 2.96. The van der Waals surface area contributed by atoms with Crippen LogP contribution in [0.5, 0.6) is 0 Å². The third-order valence-electron chi connectivity index (χ3n) is 2.51. The first-order valence-electron chi connectivity index (χ1n) is 5.30. The fourth-order valence-electron chi connectivity index (χ4n) is 1.55. The van der Waals surface area contributed by atoms with E-state index in [9.17, 15) is 13.2 Å². The second kappa shape index (κ2) is 5.96. The number of hydrogen-bond donors (Lipinski definition) is 1. The van der Waals surface area contributed by atoms with Crippen molar-refractivity contribution in [3.8, 4) is 0 Å². The molecule has 0 radical (unpaired) electrons. The van der Waals surface area contributed by atoms with Crippen LogP contribution < -0.4 is 5.32 Å². The minimum absolute atomic E-state index is 0.0459. The summed E-state index contributed by atoms with van der Waals surface area (Å²) in [5.41, 5.74) is 0.771. The lowest BCUT2D eigenvalue weighted by Crippen LogP contribution is -2.04. The van der Waals surface area contributed by atoms with Crippen LogP contribution in [-0.4, -0.2) is 0 Å². The molecule has 0 amide bonds. The van der Waals surface area contributed by atoms with Gasteiger partial charge < -0.3 is 5.32 Å². The minimum atomic E-state index is -1.19. The Hall–Kier alpha value is -1.01. The largest absolute Gasteiger partial charge is 0.379 e. The number of anilines is 1. The first-order valence-corrected chi connectivity index (χ1v) is 6.89. The Morgan fingerprint density at radius 1 is 0.895 bits per heavy atom. The number of para-hydroxylation sites is 1. The Morgan fingerprint density at radius 3 is 2.11 bits per heavy atom. The molecule has 0 fully saturated rings. The van der Waals surface area contributed by atoms with Gasteiger partial charge in [0.05, 0.1) is 5.69 Å². The van der Waals surface area contributed by atoms with Crippen LogP contribution in [0, 0.1) is 17.5 Å². The molecule has 0 unspecified atom stereocenters. The van der Waals surface area contributed by atoms with Gasteiger partial charge >= 0.3 is 0 Å². The van der Waals surface area contributed by atoms with Crippen LogP contribution >= 0.6 is 31.9 Å². The molecule has 6 heteroatoms. The van der Waals surface area contributed by atoms with E-state index in [0.717, 1.165) is 15.0 Å². The molecule has 100 valence electrons. The quantitative estimate of drug-likeness (QED) is 0.702. The first kappa shape index (κ1) is 14.4. The number of hydrogen-bond acceptors (Lipinski definition) is 1. The summed E-state index contributed by atoms with van der Waals surface area (Å²) in [6.45, 7) is 0.0459. The highest BCUT2D eigenvalue weighted by atomic mass is 79.9. The lowest BCUT2D eigenvalue weighted by molar-refractivity contribution is 0.490. The SMILES string of the molecule is Fc1cc(F)c(CNc2c(Br)cccc2Br)cc1F. The molecule has 2 aromatic rings. The zero-order valence-electron chi connectivity index (χ0n) is 9.48. The molecule has 0 aliphatic carbocycles. The predicted octanol–water partition coefficient (Wildman–Crippen LogP) is 5.24. The maximum atomic E-state index is 13.5. The van der Waals surface area contributed by atoms with Gasteiger partial charge in [-0.25, -0.2) is 13.2 Å². The maximum absolute atomic E-state index is 13.5. The molecule has 0 bridgehead atoms. The van der Waals surface area contributed by atoms with Crippen LogP contribution in [0.3, 0.4) is 0 Å². The minimum Gasteiger partial charge on any atom is -0.379 e. The van der Waals surface area contributed by atoms with E-state index in [2.05, 4.69) is 37.2 Å². The summed E-state index contributed by atoms with van der Waals surface area (Å²) in [6.07, 6.45) is 0. The van der Waals surface area contributed by atoms with Gasteiger partial charge in [-0.2, -0.15) is 0 Å². The molecule has 0 heterocycles. The van der Waals surface area contributed by atoms with Crippen molar-refractivity contribution < 1.29 is 13.2 Å². The van der Waals surface area contributed by atoms with Gasteiger partial charge in [-0.05, 0) is 50.1 Å². The van der Waals surface area contributed by atoms with Crippen LogP contribution in [-0.2, 0) is 6.54 Å². The smallest absolute Gasteiger partial charge is 0.161 e. The molecule has 0 atom stereocenters. The van der Waals surface area contributed by atoms with Crippen molar-refractivity contribution in [2.45, 2.75) is 6.54 Å². The molecule has 1 N–H and O–H groups in total. The molecule has 1 nitrogen and oxygen atoms in total. The number of nitrogens with one attached hydrogen (secondary N) is 1. The number of benzene rings is 2. The average molecular weight is 395 g/mol. The van der Waals surface area contributed by atoms with E-state index in [1.54, 1.807) is 0 Å². The van der Waals surface area contributed by atoms with E-state index in [4.69, 9.17) is 0 Å². The lowest BCUT2D eigenvalue weighted by atomic mass is 10.2. The Kier molecular flexibility index (Phi) is 4.52. The summed E-state index contributed by atoms with van der Waals surface area (Å²) in [4.78, 5) is 0. The zero-order valence-corrected chi connectivity index (χ0v) is 12.7. The highest BCUT2D eigenvalue weighted by Gasteiger charge is 2.11. The van der Waals surface area contributed by atoms with E-state index in [1.165, 1.54) is 0 Å². The standard InChI is InChI=1S/C13H8Br2F3N/c14-8-2-1-3-9(15)13(8)19-6-7-4-11(17)12(18)5-10(7)16/h1-5,19H,6H2. The van der Waals surface area contributed by atoms with Gasteiger partial charge in [0.2, 0.25) is 0 Å². The van der Waals surface area contributed by atoms with Crippen LogP contribution in [0.2, 0.25) is 0 Å². The summed E-state index contributed by atoms with van der Waals surface area (Å²) in [5.74, 6) is -3.04. The van der Waals surface area contributed by atoms with Crippen molar-refractivity contribution in [3.63, 3.8) is 0 Å². The van der Waals surface area contributed by atoms with E-state index in [-0.39, 0.29) is 12.1 Å². The van der Waals surface area contributed by atoms with Crippen LogP contribution in [0.4, 0.5) is 18.9 Å². The van der Waals surface area contributed by atoms with Crippen molar-refractivity contribution >= 4 is 37.5 Å². The molecule has 0 aromatic heterocycles. The number of rotatable bonds is 3. The van der Waals surface area contributed by atoms with Gasteiger partial charge in [-0.1, -0.05) is 6.07 Å². The molecule has 19 heavy (non-hydrogen) atoms. The predicted molar refractivity (Wildman–Crippen MR) is 75.5 cm³/mol. The molecule has 0 saturated carbocycles. The molecule has 0 aliphatic rings. The second-order valence-electron chi connectivity index (χ2n) is 3.81. The van der Waals surface area contributed by atoms with Crippen molar-refractivity contribution in [1.82, 2.24) is 0 Å².